The van der Waals surface area contributed by atoms with Crippen LogP contribution in [0.5, 0.6) is 5.75 Å². The molecule has 2 atom stereocenters. The van der Waals surface area contributed by atoms with E-state index in [0.717, 1.165) is 12.8 Å². The van der Waals surface area contributed by atoms with Crippen LogP contribution in [-0.4, -0.2) is 55.3 Å². The van der Waals surface area contributed by atoms with Gasteiger partial charge in [-0.2, -0.15) is 0 Å². The molecule has 0 bridgehead atoms. The van der Waals surface area contributed by atoms with E-state index in [2.05, 4.69) is 10.6 Å². The standard InChI is InChI=1S/C20H32N4O4/c1-12-7-8-14(23-19(26)28-20(2,3)4)11-24(12)18(25)13-9-15(21)17(22-5)16(10-13)27-6/h9-10,12,14,22H,7-8,11,21H2,1-6H3,(H,23,26)/t12-,14+/m0/s1. The molecule has 0 saturated carbocycles. The van der Waals surface area contributed by atoms with Crippen LogP contribution < -0.4 is 21.1 Å². The van der Waals surface area contributed by atoms with Crippen LogP contribution in [0.4, 0.5) is 16.2 Å². The second kappa shape index (κ2) is 8.58. The number of nitrogen functional groups attached to an aromatic ring is 1. The van der Waals surface area contributed by atoms with Gasteiger partial charge in [-0.1, -0.05) is 0 Å². The van der Waals surface area contributed by atoms with E-state index in [4.69, 9.17) is 15.2 Å². The van der Waals surface area contributed by atoms with Gasteiger partial charge in [-0.15, -0.1) is 0 Å². The number of methoxy groups -OCH3 is 1. The number of carbonyl (C=O) groups excluding carboxylic acids is 2. The fourth-order valence-corrected chi connectivity index (χ4v) is 3.34. The van der Waals surface area contributed by atoms with E-state index in [1.807, 2.05) is 27.7 Å². The lowest BCUT2D eigenvalue weighted by Crippen LogP contribution is -2.53. The number of ether oxygens (including phenoxy) is 2. The first kappa shape index (κ1) is 21.7. The van der Waals surface area contributed by atoms with E-state index in [0.29, 0.717) is 29.2 Å². The van der Waals surface area contributed by atoms with Gasteiger partial charge < -0.3 is 30.7 Å². The molecular weight excluding hydrogens is 360 g/mol. The molecule has 156 valence electrons. The molecule has 8 heteroatoms. The summed E-state index contributed by atoms with van der Waals surface area (Å²) in [5, 5.41) is 5.85. The van der Waals surface area contributed by atoms with Crippen LogP contribution in [0.2, 0.25) is 0 Å². The zero-order valence-electron chi connectivity index (χ0n) is 17.6. The Morgan fingerprint density at radius 1 is 1.25 bits per heavy atom. The Bertz CT molecular complexity index is 730. The number of nitrogens with one attached hydrogen (secondary N) is 2. The summed E-state index contributed by atoms with van der Waals surface area (Å²) in [7, 11) is 3.28. The molecule has 1 aromatic rings. The molecule has 1 saturated heterocycles. The van der Waals surface area contributed by atoms with Crippen molar-refractivity contribution >= 4 is 23.4 Å². The van der Waals surface area contributed by atoms with Crippen LogP contribution in [0, 0.1) is 0 Å². The van der Waals surface area contributed by atoms with Gasteiger partial charge in [-0.25, -0.2) is 4.79 Å². The van der Waals surface area contributed by atoms with Gasteiger partial charge in [0.25, 0.3) is 5.91 Å². The van der Waals surface area contributed by atoms with Gasteiger partial charge >= 0.3 is 6.09 Å². The van der Waals surface area contributed by atoms with Gasteiger partial charge in [0.1, 0.15) is 11.4 Å². The van der Waals surface area contributed by atoms with Crippen LogP contribution in [0.25, 0.3) is 0 Å². The summed E-state index contributed by atoms with van der Waals surface area (Å²) in [5.41, 5.74) is 7.06. The summed E-state index contributed by atoms with van der Waals surface area (Å²) < 4.78 is 10.7. The molecule has 0 aliphatic carbocycles. The van der Waals surface area contributed by atoms with Crippen molar-refractivity contribution in [2.24, 2.45) is 0 Å². The van der Waals surface area contributed by atoms with Crippen molar-refractivity contribution in [3.8, 4) is 5.75 Å². The van der Waals surface area contributed by atoms with Crippen molar-refractivity contribution in [3.63, 3.8) is 0 Å². The molecule has 1 aromatic carbocycles. The number of amides is 2. The van der Waals surface area contributed by atoms with Crippen LogP contribution in [0.1, 0.15) is 50.9 Å². The number of likely N-dealkylation sites (tertiary alicyclic amines) is 1. The first-order chi connectivity index (χ1) is 13.1. The largest absolute Gasteiger partial charge is 0.494 e. The van der Waals surface area contributed by atoms with Gasteiger partial charge in [-0.05, 0) is 52.7 Å². The highest BCUT2D eigenvalue weighted by atomic mass is 16.6. The Hall–Kier alpha value is -2.64. The Balaban J connectivity index is 2.15. The maximum atomic E-state index is 13.1. The Morgan fingerprint density at radius 2 is 1.93 bits per heavy atom. The third kappa shape index (κ3) is 5.21. The predicted octanol–water partition coefficient (Wildman–Crippen LogP) is 2.84. The Labute approximate surface area is 166 Å². The fraction of sp³-hybridized carbons (Fsp3) is 0.600. The SMILES string of the molecule is CNc1c(N)cc(C(=O)N2C[C@H](NC(=O)OC(C)(C)C)CC[C@@H]2C)cc1OC. The van der Waals surface area contributed by atoms with Crippen molar-refractivity contribution < 1.29 is 19.1 Å². The van der Waals surface area contributed by atoms with Crippen LogP contribution >= 0.6 is 0 Å². The number of alkyl carbamates (subject to hydrolysis) is 1. The molecule has 0 spiro atoms. The van der Waals surface area contributed by atoms with Crippen molar-refractivity contribution in [2.45, 2.75) is 58.2 Å². The number of piperidine rings is 1. The molecule has 1 aliphatic heterocycles. The number of carbonyl (C=O) groups is 2. The van der Waals surface area contributed by atoms with Crippen molar-refractivity contribution in [1.82, 2.24) is 10.2 Å². The summed E-state index contributed by atoms with van der Waals surface area (Å²) in [6, 6.07) is 3.22. The normalized spacial score (nSPS) is 19.7. The first-order valence-electron chi connectivity index (χ1n) is 9.51. The fourth-order valence-electron chi connectivity index (χ4n) is 3.34. The Morgan fingerprint density at radius 3 is 2.50 bits per heavy atom. The zero-order chi connectivity index (χ0) is 21.1. The molecule has 1 fully saturated rings. The predicted molar refractivity (Wildman–Crippen MR) is 110 cm³/mol. The zero-order valence-corrected chi connectivity index (χ0v) is 17.6. The van der Waals surface area contributed by atoms with Gasteiger partial charge in [0.05, 0.1) is 18.5 Å². The average molecular weight is 393 g/mol. The number of nitrogens with two attached hydrogens (primary N) is 1. The van der Waals surface area contributed by atoms with E-state index >= 15 is 0 Å². The van der Waals surface area contributed by atoms with Gasteiger partial charge in [0.2, 0.25) is 0 Å². The summed E-state index contributed by atoms with van der Waals surface area (Å²) in [5.74, 6) is 0.370. The van der Waals surface area contributed by atoms with E-state index in [1.165, 1.54) is 7.11 Å². The lowest BCUT2D eigenvalue weighted by molar-refractivity contribution is 0.0412. The van der Waals surface area contributed by atoms with E-state index in [9.17, 15) is 9.59 Å². The Kier molecular flexibility index (Phi) is 6.64. The summed E-state index contributed by atoms with van der Waals surface area (Å²) >= 11 is 0. The molecule has 2 rings (SSSR count). The highest BCUT2D eigenvalue weighted by molar-refractivity contribution is 5.97. The second-order valence-electron chi connectivity index (χ2n) is 8.12. The number of benzene rings is 1. The molecular formula is C20H32N4O4. The average Bonchev–Trinajstić information content (AvgIpc) is 2.60. The minimum absolute atomic E-state index is 0.0559. The third-order valence-corrected chi connectivity index (χ3v) is 4.71. The smallest absolute Gasteiger partial charge is 0.407 e. The topological polar surface area (TPSA) is 106 Å². The number of hydrogen-bond donors (Lipinski definition) is 3. The lowest BCUT2D eigenvalue weighted by Gasteiger charge is -2.38. The maximum absolute atomic E-state index is 13.1. The minimum atomic E-state index is -0.565. The monoisotopic (exact) mass is 392 g/mol. The summed E-state index contributed by atoms with van der Waals surface area (Å²) in [4.78, 5) is 27.0. The van der Waals surface area contributed by atoms with E-state index in [1.54, 1.807) is 24.1 Å². The molecule has 1 aliphatic rings. The number of nitrogens with zero attached hydrogens (tertiary/aromatic N) is 1. The van der Waals surface area contributed by atoms with Gasteiger partial charge in [0, 0.05) is 31.2 Å². The van der Waals surface area contributed by atoms with Gasteiger partial charge in [-0.3, -0.25) is 4.79 Å². The van der Waals surface area contributed by atoms with Crippen molar-refractivity contribution in [2.75, 3.05) is 31.8 Å². The van der Waals surface area contributed by atoms with Crippen LogP contribution in [-0.2, 0) is 4.74 Å². The number of hydrogen-bond acceptors (Lipinski definition) is 6. The highest BCUT2D eigenvalue weighted by Gasteiger charge is 2.32. The molecule has 4 N–H and O–H groups in total. The molecule has 8 nitrogen and oxygen atoms in total. The summed E-state index contributed by atoms with van der Waals surface area (Å²) in [6.07, 6.45) is 1.10. The first-order valence-corrected chi connectivity index (χ1v) is 9.51. The minimum Gasteiger partial charge on any atom is -0.494 e. The van der Waals surface area contributed by atoms with Gasteiger partial charge in [0.15, 0.2) is 0 Å². The van der Waals surface area contributed by atoms with E-state index < -0.39 is 11.7 Å². The number of rotatable bonds is 4. The molecule has 28 heavy (non-hydrogen) atoms. The highest BCUT2D eigenvalue weighted by Crippen LogP contribution is 2.33. The molecule has 2 amide bonds. The number of anilines is 2. The van der Waals surface area contributed by atoms with Crippen LogP contribution in [0.3, 0.4) is 0 Å². The molecule has 0 unspecified atom stereocenters. The van der Waals surface area contributed by atoms with Crippen molar-refractivity contribution in [3.05, 3.63) is 17.7 Å². The maximum Gasteiger partial charge on any atom is 0.407 e. The quantitative estimate of drug-likeness (QED) is 0.681. The molecule has 0 radical (unpaired) electrons. The van der Waals surface area contributed by atoms with Crippen LogP contribution in [0.15, 0.2) is 12.1 Å². The second-order valence-corrected chi connectivity index (χ2v) is 8.12. The third-order valence-electron chi connectivity index (χ3n) is 4.71. The lowest BCUT2D eigenvalue weighted by atomic mass is 9.98. The molecule has 0 aromatic heterocycles. The molecule has 1 heterocycles. The summed E-state index contributed by atoms with van der Waals surface area (Å²) in [6.45, 7) is 7.87. The van der Waals surface area contributed by atoms with E-state index in [-0.39, 0.29) is 18.0 Å². The van der Waals surface area contributed by atoms with Crippen molar-refractivity contribution in [1.29, 1.82) is 0 Å².